The first-order valence-electron chi connectivity index (χ1n) is 7.25. The van der Waals surface area contributed by atoms with Crippen LogP contribution >= 0.6 is 22.9 Å². The molecule has 20 heavy (non-hydrogen) atoms. The molecule has 5 heteroatoms. The van der Waals surface area contributed by atoms with Crippen molar-refractivity contribution < 1.29 is 0 Å². The summed E-state index contributed by atoms with van der Waals surface area (Å²) in [6.07, 6.45) is 8.67. The van der Waals surface area contributed by atoms with E-state index in [9.17, 15) is 0 Å². The lowest BCUT2D eigenvalue weighted by molar-refractivity contribution is 0.459. The van der Waals surface area contributed by atoms with E-state index >= 15 is 0 Å². The molecular weight excluding hydrogens is 290 g/mol. The minimum absolute atomic E-state index is 0.580. The van der Waals surface area contributed by atoms with Gasteiger partial charge in [-0.3, -0.25) is 0 Å². The summed E-state index contributed by atoms with van der Waals surface area (Å²) in [6.45, 7) is 2.89. The van der Waals surface area contributed by atoms with Crippen LogP contribution in [0.2, 0.25) is 4.34 Å². The van der Waals surface area contributed by atoms with Gasteiger partial charge in [-0.25, -0.2) is 4.98 Å². The maximum Gasteiger partial charge on any atom is 0.203 e. The van der Waals surface area contributed by atoms with E-state index in [2.05, 4.69) is 27.1 Å². The summed E-state index contributed by atoms with van der Waals surface area (Å²) in [4.78, 5) is 5.89. The zero-order valence-electron chi connectivity index (χ0n) is 11.7. The molecular formula is C15H20ClN3S. The number of halogens is 1. The van der Waals surface area contributed by atoms with Crippen LogP contribution in [0.5, 0.6) is 0 Å². The lowest BCUT2D eigenvalue weighted by atomic mass is 9.96. The molecule has 0 aromatic carbocycles. The predicted molar refractivity (Wildman–Crippen MR) is 85.9 cm³/mol. The van der Waals surface area contributed by atoms with E-state index in [1.807, 2.05) is 13.0 Å². The first-order valence-corrected chi connectivity index (χ1v) is 8.45. The average molecular weight is 310 g/mol. The molecule has 0 unspecified atom stereocenters. The molecule has 1 saturated carbocycles. The van der Waals surface area contributed by atoms with Crippen molar-refractivity contribution in [2.24, 2.45) is 0 Å². The fourth-order valence-corrected chi connectivity index (χ4v) is 3.90. The van der Waals surface area contributed by atoms with Gasteiger partial charge < -0.3 is 9.88 Å². The average Bonchev–Trinajstić information content (AvgIpc) is 2.98. The number of hydrogen-bond acceptors (Lipinski definition) is 3. The van der Waals surface area contributed by atoms with Crippen LogP contribution in [0.3, 0.4) is 0 Å². The van der Waals surface area contributed by atoms with Gasteiger partial charge in [-0.05, 0) is 31.9 Å². The van der Waals surface area contributed by atoms with Crippen LogP contribution < -0.4 is 5.32 Å². The highest BCUT2D eigenvalue weighted by atomic mass is 35.5. The van der Waals surface area contributed by atoms with Crippen molar-refractivity contribution in [3.05, 3.63) is 33.2 Å². The highest BCUT2D eigenvalue weighted by Crippen LogP contribution is 2.25. The van der Waals surface area contributed by atoms with Crippen molar-refractivity contribution in [1.29, 1.82) is 0 Å². The van der Waals surface area contributed by atoms with E-state index in [-0.39, 0.29) is 0 Å². The number of aryl methyl sites for hydroxylation is 1. The van der Waals surface area contributed by atoms with Crippen LogP contribution in [0.25, 0.3) is 0 Å². The first kappa shape index (κ1) is 14.0. The van der Waals surface area contributed by atoms with Crippen molar-refractivity contribution in [3.63, 3.8) is 0 Å². The van der Waals surface area contributed by atoms with E-state index < -0.39 is 0 Å². The zero-order valence-corrected chi connectivity index (χ0v) is 13.3. The van der Waals surface area contributed by atoms with Crippen LogP contribution in [-0.2, 0) is 6.54 Å². The van der Waals surface area contributed by atoms with E-state index in [4.69, 9.17) is 11.6 Å². The molecule has 0 radical (unpaired) electrons. The Hall–Kier alpha value is -1.00. The second-order valence-electron chi connectivity index (χ2n) is 5.52. The lowest BCUT2D eigenvalue weighted by Gasteiger charge is -2.23. The summed E-state index contributed by atoms with van der Waals surface area (Å²) >= 11 is 7.64. The summed E-state index contributed by atoms with van der Waals surface area (Å²) in [5, 5.41) is 3.62. The third-order valence-corrected chi connectivity index (χ3v) is 5.01. The van der Waals surface area contributed by atoms with Gasteiger partial charge in [0.05, 0.1) is 16.6 Å². The Morgan fingerprint density at radius 1 is 1.35 bits per heavy atom. The number of rotatable bonds is 4. The zero-order chi connectivity index (χ0) is 13.9. The van der Waals surface area contributed by atoms with Gasteiger partial charge in [0.15, 0.2) is 0 Å². The molecule has 108 valence electrons. The van der Waals surface area contributed by atoms with E-state index in [1.54, 1.807) is 11.3 Å². The van der Waals surface area contributed by atoms with Crippen molar-refractivity contribution in [1.82, 2.24) is 9.55 Å². The number of imidazole rings is 1. The molecule has 2 heterocycles. The molecule has 0 aliphatic heterocycles. The molecule has 3 rings (SSSR count). The number of nitrogens with zero attached hydrogens (tertiary/aromatic N) is 2. The van der Waals surface area contributed by atoms with E-state index in [0.717, 1.165) is 22.5 Å². The van der Waals surface area contributed by atoms with Gasteiger partial charge in [-0.2, -0.15) is 0 Å². The van der Waals surface area contributed by atoms with E-state index in [1.165, 1.54) is 37.0 Å². The number of hydrogen-bond donors (Lipinski definition) is 1. The van der Waals surface area contributed by atoms with Crippen molar-refractivity contribution in [2.45, 2.75) is 51.6 Å². The minimum atomic E-state index is 0.580. The highest BCUT2D eigenvalue weighted by Gasteiger charge is 2.16. The Kier molecular flexibility index (Phi) is 4.32. The summed E-state index contributed by atoms with van der Waals surface area (Å²) in [5.41, 5.74) is 1.06. The predicted octanol–water partition coefficient (Wildman–Crippen LogP) is 4.70. The fraction of sp³-hybridized carbons (Fsp3) is 0.533. The Balaban J connectivity index is 1.73. The smallest absolute Gasteiger partial charge is 0.203 e. The molecule has 0 spiro atoms. The molecule has 0 atom stereocenters. The van der Waals surface area contributed by atoms with E-state index in [0.29, 0.717) is 6.04 Å². The molecule has 3 nitrogen and oxygen atoms in total. The Labute approximate surface area is 129 Å². The Morgan fingerprint density at radius 2 is 2.15 bits per heavy atom. The van der Waals surface area contributed by atoms with Crippen LogP contribution in [-0.4, -0.2) is 15.6 Å². The second kappa shape index (κ2) is 6.19. The molecule has 1 aliphatic rings. The molecule has 1 fully saturated rings. The van der Waals surface area contributed by atoms with Gasteiger partial charge >= 0.3 is 0 Å². The van der Waals surface area contributed by atoms with Crippen LogP contribution in [0, 0.1) is 6.92 Å². The third-order valence-electron chi connectivity index (χ3n) is 3.79. The quantitative estimate of drug-likeness (QED) is 0.887. The highest BCUT2D eigenvalue weighted by molar-refractivity contribution is 7.16. The molecule has 1 N–H and O–H groups in total. The monoisotopic (exact) mass is 309 g/mol. The van der Waals surface area contributed by atoms with Gasteiger partial charge in [0.1, 0.15) is 0 Å². The number of anilines is 1. The second-order valence-corrected chi connectivity index (χ2v) is 7.32. The normalized spacial score (nSPS) is 16.5. The Bertz CT molecular complexity index is 569. The number of aromatic nitrogens is 2. The molecule has 0 saturated heterocycles. The van der Waals surface area contributed by atoms with Crippen LogP contribution in [0.1, 0.15) is 42.7 Å². The topological polar surface area (TPSA) is 29.9 Å². The van der Waals surface area contributed by atoms with Gasteiger partial charge in [0.25, 0.3) is 0 Å². The molecule has 2 aromatic rings. The minimum Gasteiger partial charge on any atom is -0.353 e. The molecule has 1 aliphatic carbocycles. The SMILES string of the molecule is Cc1cn(Cc2ccc(Cl)s2)c(NC2CCCCC2)n1. The first-order chi connectivity index (χ1) is 9.70. The van der Waals surface area contributed by atoms with Crippen molar-refractivity contribution >= 4 is 28.9 Å². The van der Waals surface area contributed by atoms with Gasteiger partial charge in [0, 0.05) is 17.1 Å². The summed E-state index contributed by atoms with van der Waals surface area (Å²) < 4.78 is 3.05. The summed E-state index contributed by atoms with van der Waals surface area (Å²) in [6, 6.07) is 4.63. The number of thiophene rings is 1. The summed E-state index contributed by atoms with van der Waals surface area (Å²) in [5.74, 6) is 0.999. The molecule has 0 bridgehead atoms. The lowest BCUT2D eigenvalue weighted by Crippen LogP contribution is -2.24. The maximum atomic E-state index is 6.01. The summed E-state index contributed by atoms with van der Waals surface area (Å²) in [7, 11) is 0. The van der Waals surface area contributed by atoms with Crippen LogP contribution in [0.15, 0.2) is 18.3 Å². The molecule has 0 amide bonds. The number of nitrogens with one attached hydrogen (secondary N) is 1. The standard InChI is InChI=1S/C15H20ClN3S/c1-11-9-19(10-13-7-8-14(16)20-13)15(17-11)18-12-5-3-2-4-6-12/h7-9,12H,2-6,10H2,1H3,(H,17,18). The third kappa shape index (κ3) is 3.36. The van der Waals surface area contributed by atoms with Crippen LogP contribution in [0.4, 0.5) is 5.95 Å². The van der Waals surface area contributed by atoms with Crippen molar-refractivity contribution in [2.75, 3.05) is 5.32 Å². The fourth-order valence-electron chi connectivity index (χ4n) is 2.82. The largest absolute Gasteiger partial charge is 0.353 e. The van der Waals surface area contributed by atoms with Gasteiger partial charge in [-0.1, -0.05) is 30.9 Å². The maximum absolute atomic E-state index is 6.01. The van der Waals surface area contributed by atoms with Crippen molar-refractivity contribution in [3.8, 4) is 0 Å². The van der Waals surface area contributed by atoms with Gasteiger partial charge in [-0.15, -0.1) is 11.3 Å². The molecule has 2 aromatic heterocycles. The van der Waals surface area contributed by atoms with Gasteiger partial charge in [0.2, 0.25) is 5.95 Å². The Morgan fingerprint density at radius 3 is 2.85 bits per heavy atom.